The van der Waals surface area contributed by atoms with Crippen LogP contribution in [0, 0.1) is 6.92 Å². The van der Waals surface area contributed by atoms with Crippen LogP contribution in [0.25, 0.3) is 10.6 Å². The summed E-state index contributed by atoms with van der Waals surface area (Å²) in [6.45, 7) is 3.32. The minimum absolute atomic E-state index is 0.230. The first-order chi connectivity index (χ1) is 14.6. The topological polar surface area (TPSA) is 66.4 Å². The molecule has 3 aromatic rings. The van der Waals surface area contributed by atoms with Crippen molar-refractivity contribution in [2.24, 2.45) is 0 Å². The lowest BCUT2D eigenvalue weighted by Crippen LogP contribution is -2.35. The van der Waals surface area contributed by atoms with Gasteiger partial charge in [0.05, 0.1) is 21.1 Å². The summed E-state index contributed by atoms with van der Waals surface area (Å²) in [5.74, 6) is 0.407. The lowest BCUT2D eigenvalue weighted by molar-refractivity contribution is -0.137. The molecule has 166 valence electrons. The van der Waals surface area contributed by atoms with Crippen LogP contribution in [0.4, 0.5) is 19.0 Å². The normalized spacial score (nSPS) is 16.5. The number of anilines is 1. The van der Waals surface area contributed by atoms with Gasteiger partial charge in [0.25, 0.3) is 10.0 Å². The highest BCUT2D eigenvalue weighted by atomic mass is 32.2. The molecule has 1 fully saturated rings. The number of aryl methyl sites for hydroxylation is 1. The molecule has 0 spiro atoms. The molecule has 0 bridgehead atoms. The smallest absolute Gasteiger partial charge is 0.355 e. The van der Waals surface area contributed by atoms with Crippen molar-refractivity contribution in [3.8, 4) is 10.6 Å². The summed E-state index contributed by atoms with van der Waals surface area (Å²) in [4.78, 5) is 10.9. The van der Waals surface area contributed by atoms with Crippen LogP contribution in [0.15, 0.2) is 40.1 Å². The fourth-order valence-electron chi connectivity index (χ4n) is 3.30. The Kier molecular flexibility index (Phi) is 6.08. The Hall–Kier alpha value is -2.02. The second-order valence-corrected chi connectivity index (χ2v) is 11.3. The van der Waals surface area contributed by atoms with Crippen molar-refractivity contribution in [2.75, 3.05) is 31.1 Å². The first-order valence-electron chi connectivity index (χ1n) is 9.45. The van der Waals surface area contributed by atoms with E-state index in [2.05, 4.69) is 9.97 Å². The largest absolute Gasteiger partial charge is 0.417 e. The molecule has 0 aromatic carbocycles. The molecule has 0 radical (unpaired) electrons. The van der Waals surface area contributed by atoms with Gasteiger partial charge in [-0.25, -0.2) is 18.4 Å². The molecule has 0 amide bonds. The van der Waals surface area contributed by atoms with E-state index in [1.165, 1.54) is 33.0 Å². The zero-order valence-corrected chi connectivity index (χ0v) is 18.9. The summed E-state index contributed by atoms with van der Waals surface area (Å²) >= 11 is 2.70. The number of thiazole rings is 1. The fraction of sp³-hybridized carbons (Fsp3) is 0.368. The van der Waals surface area contributed by atoms with Crippen LogP contribution < -0.4 is 4.90 Å². The Labute approximate surface area is 186 Å². The van der Waals surface area contributed by atoms with E-state index in [1.54, 1.807) is 12.1 Å². The van der Waals surface area contributed by atoms with E-state index in [0.29, 0.717) is 31.9 Å². The van der Waals surface area contributed by atoms with Crippen LogP contribution in [0.2, 0.25) is 0 Å². The molecule has 0 unspecified atom stereocenters. The van der Waals surface area contributed by atoms with E-state index in [9.17, 15) is 21.6 Å². The first-order valence-corrected chi connectivity index (χ1v) is 12.6. The van der Waals surface area contributed by atoms with Gasteiger partial charge in [-0.1, -0.05) is 0 Å². The molecule has 6 nitrogen and oxygen atoms in total. The van der Waals surface area contributed by atoms with Crippen molar-refractivity contribution < 1.29 is 21.6 Å². The SMILES string of the molecule is Cc1nc(-c2ccc(S(=O)(=O)N3CCCN(c4ccc(C(F)(F)F)cn4)CC3)s2)cs1. The van der Waals surface area contributed by atoms with Gasteiger partial charge in [-0.3, -0.25) is 0 Å². The van der Waals surface area contributed by atoms with Crippen LogP contribution in [-0.2, 0) is 16.2 Å². The maximum absolute atomic E-state index is 13.1. The molecule has 1 aliphatic rings. The minimum atomic E-state index is -4.44. The molecular formula is C19H19F3N4O2S3. The molecule has 0 aliphatic carbocycles. The number of halogens is 3. The Bertz CT molecular complexity index is 1160. The minimum Gasteiger partial charge on any atom is -0.355 e. The van der Waals surface area contributed by atoms with Gasteiger partial charge in [0.2, 0.25) is 0 Å². The quantitative estimate of drug-likeness (QED) is 0.541. The number of aromatic nitrogens is 2. The standard InChI is InChI=1S/C19H19F3N4O2S3/c1-13-24-15(12-29-13)16-4-6-18(30-16)31(27,28)26-8-2-7-25(9-10-26)17-5-3-14(11-23-17)19(20,21)22/h3-6,11-12H,2,7-10H2,1H3. The maximum atomic E-state index is 13.1. The zero-order valence-electron chi connectivity index (χ0n) is 16.5. The van der Waals surface area contributed by atoms with Crippen LogP contribution in [0.1, 0.15) is 17.0 Å². The van der Waals surface area contributed by atoms with Gasteiger partial charge in [0, 0.05) is 37.8 Å². The number of alkyl halides is 3. The second kappa shape index (κ2) is 8.49. The summed E-state index contributed by atoms with van der Waals surface area (Å²) in [5, 5.41) is 2.82. The molecule has 1 saturated heterocycles. The van der Waals surface area contributed by atoms with E-state index in [0.717, 1.165) is 27.8 Å². The van der Waals surface area contributed by atoms with Gasteiger partial charge >= 0.3 is 6.18 Å². The number of rotatable bonds is 4. The highest BCUT2D eigenvalue weighted by Crippen LogP contribution is 2.33. The monoisotopic (exact) mass is 488 g/mol. The highest BCUT2D eigenvalue weighted by Gasteiger charge is 2.32. The predicted octanol–water partition coefficient (Wildman–Crippen LogP) is 4.49. The van der Waals surface area contributed by atoms with Crippen molar-refractivity contribution in [1.29, 1.82) is 0 Å². The molecular weight excluding hydrogens is 469 g/mol. The maximum Gasteiger partial charge on any atom is 0.417 e. The molecule has 4 rings (SSSR count). The third kappa shape index (κ3) is 4.76. The predicted molar refractivity (Wildman–Crippen MR) is 115 cm³/mol. The number of hydrogen-bond donors (Lipinski definition) is 0. The number of hydrogen-bond acceptors (Lipinski definition) is 7. The molecule has 31 heavy (non-hydrogen) atoms. The lowest BCUT2D eigenvalue weighted by Gasteiger charge is -2.22. The molecule has 1 aliphatic heterocycles. The van der Waals surface area contributed by atoms with Crippen LogP contribution >= 0.6 is 22.7 Å². The van der Waals surface area contributed by atoms with E-state index >= 15 is 0 Å². The molecule has 0 N–H and O–H groups in total. The number of pyridine rings is 1. The van der Waals surface area contributed by atoms with Crippen molar-refractivity contribution in [3.05, 3.63) is 46.4 Å². The number of sulfonamides is 1. The molecule has 3 aromatic heterocycles. The average Bonchev–Trinajstić information content (AvgIpc) is 3.30. The van der Waals surface area contributed by atoms with Crippen molar-refractivity contribution in [2.45, 2.75) is 23.7 Å². The van der Waals surface area contributed by atoms with Crippen LogP contribution in [0.5, 0.6) is 0 Å². The Morgan fingerprint density at radius 2 is 1.87 bits per heavy atom. The molecule has 4 heterocycles. The van der Waals surface area contributed by atoms with E-state index in [1.807, 2.05) is 17.2 Å². The number of thiophene rings is 1. The summed E-state index contributed by atoms with van der Waals surface area (Å²) in [6.07, 6.45) is -3.08. The van der Waals surface area contributed by atoms with E-state index in [4.69, 9.17) is 0 Å². The van der Waals surface area contributed by atoms with Crippen LogP contribution in [-0.4, -0.2) is 48.9 Å². The van der Waals surface area contributed by atoms with E-state index < -0.39 is 21.8 Å². The van der Waals surface area contributed by atoms with Gasteiger partial charge < -0.3 is 4.90 Å². The van der Waals surface area contributed by atoms with E-state index in [-0.39, 0.29) is 10.8 Å². The van der Waals surface area contributed by atoms with Gasteiger partial charge in [-0.05, 0) is 37.6 Å². The van der Waals surface area contributed by atoms with Gasteiger partial charge in [0.15, 0.2) is 0 Å². The lowest BCUT2D eigenvalue weighted by atomic mass is 10.2. The Morgan fingerprint density at radius 1 is 1.06 bits per heavy atom. The Balaban J connectivity index is 1.47. The fourth-order valence-corrected chi connectivity index (χ4v) is 6.88. The summed E-state index contributed by atoms with van der Waals surface area (Å²) in [6, 6.07) is 5.69. The van der Waals surface area contributed by atoms with Crippen LogP contribution in [0.3, 0.4) is 0 Å². The average molecular weight is 489 g/mol. The summed E-state index contributed by atoms with van der Waals surface area (Å²) in [5.41, 5.74) is -0.0385. The highest BCUT2D eigenvalue weighted by molar-refractivity contribution is 7.91. The zero-order chi connectivity index (χ0) is 22.2. The summed E-state index contributed by atoms with van der Waals surface area (Å²) in [7, 11) is -3.67. The second-order valence-electron chi connectivity index (χ2n) is 7.02. The molecule has 0 saturated carbocycles. The third-order valence-electron chi connectivity index (χ3n) is 4.90. The van der Waals surface area contributed by atoms with Gasteiger partial charge in [-0.15, -0.1) is 22.7 Å². The molecule has 12 heteroatoms. The van der Waals surface area contributed by atoms with Crippen molar-refractivity contribution >= 4 is 38.5 Å². The number of nitrogens with zero attached hydrogens (tertiary/aromatic N) is 4. The van der Waals surface area contributed by atoms with Gasteiger partial charge in [0.1, 0.15) is 10.0 Å². The first kappa shape index (κ1) is 22.2. The van der Waals surface area contributed by atoms with Crippen molar-refractivity contribution in [3.63, 3.8) is 0 Å². The Morgan fingerprint density at radius 3 is 2.52 bits per heavy atom. The third-order valence-corrected chi connectivity index (χ3v) is 9.15. The van der Waals surface area contributed by atoms with Crippen molar-refractivity contribution in [1.82, 2.24) is 14.3 Å². The molecule has 0 atom stereocenters. The van der Waals surface area contributed by atoms with Gasteiger partial charge in [-0.2, -0.15) is 17.5 Å². The summed E-state index contributed by atoms with van der Waals surface area (Å²) < 4.78 is 66.2.